The van der Waals surface area contributed by atoms with Crippen LogP contribution in [0.5, 0.6) is 0 Å². The topological polar surface area (TPSA) is 76.4 Å². The maximum atomic E-state index is 13.9. The molecule has 4 saturated carbocycles. The molecular formula is C22H36N6O2. The van der Waals surface area contributed by atoms with Crippen molar-refractivity contribution >= 4 is 5.91 Å². The van der Waals surface area contributed by atoms with Crippen LogP contribution in [0.2, 0.25) is 0 Å². The molecule has 2 atom stereocenters. The lowest BCUT2D eigenvalue weighted by Crippen LogP contribution is -2.63. The molecule has 6 rings (SSSR count). The van der Waals surface area contributed by atoms with Gasteiger partial charge in [0.1, 0.15) is 0 Å². The van der Waals surface area contributed by atoms with Crippen LogP contribution >= 0.6 is 0 Å². The number of hydrogen-bond acceptors (Lipinski definition) is 6. The Morgan fingerprint density at radius 1 is 1.13 bits per heavy atom. The molecule has 0 aromatic carbocycles. The molecule has 4 bridgehead atoms. The normalized spacial score (nSPS) is 36.1. The van der Waals surface area contributed by atoms with Crippen molar-refractivity contribution in [1.82, 2.24) is 30.0 Å². The van der Waals surface area contributed by atoms with Gasteiger partial charge in [-0.15, -0.1) is 10.2 Å². The van der Waals surface area contributed by atoms with Crippen molar-refractivity contribution in [3.63, 3.8) is 0 Å². The lowest BCUT2D eigenvalue weighted by Gasteiger charge is -2.61. The summed E-state index contributed by atoms with van der Waals surface area (Å²) in [5, 5.41) is 13.1. The average molecular weight is 417 g/mol. The second-order valence-electron chi connectivity index (χ2n) is 10.6. The van der Waals surface area contributed by atoms with Crippen LogP contribution in [0, 0.1) is 24.2 Å². The molecule has 1 amide bonds. The Morgan fingerprint density at radius 3 is 2.43 bits per heavy atom. The molecule has 1 aromatic rings. The molecule has 8 nitrogen and oxygen atoms in total. The molecule has 5 fully saturated rings. The van der Waals surface area contributed by atoms with E-state index in [1.54, 1.807) is 0 Å². The highest BCUT2D eigenvalue weighted by atomic mass is 16.5. The van der Waals surface area contributed by atoms with Crippen LogP contribution in [0.4, 0.5) is 0 Å². The van der Waals surface area contributed by atoms with Gasteiger partial charge >= 0.3 is 0 Å². The molecule has 8 heteroatoms. The Morgan fingerprint density at radius 2 is 1.83 bits per heavy atom. The predicted octanol–water partition coefficient (Wildman–Crippen LogP) is 1.85. The lowest BCUT2D eigenvalue weighted by molar-refractivity contribution is -0.169. The van der Waals surface area contributed by atoms with Gasteiger partial charge in [-0.2, -0.15) is 4.80 Å². The summed E-state index contributed by atoms with van der Waals surface area (Å²) in [6.45, 7) is 11.3. The van der Waals surface area contributed by atoms with E-state index in [2.05, 4.69) is 39.1 Å². The number of ether oxygens (including phenoxy) is 1. The van der Waals surface area contributed by atoms with Crippen LogP contribution in [-0.4, -0.2) is 81.3 Å². The molecule has 0 unspecified atom stereocenters. The summed E-state index contributed by atoms with van der Waals surface area (Å²) in [5.41, 5.74) is -0.314. The third kappa shape index (κ3) is 3.55. The van der Waals surface area contributed by atoms with Crippen LogP contribution in [0.1, 0.15) is 58.2 Å². The zero-order chi connectivity index (χ0) is 20.9. The summed E-state index contributed by atoms with van der Waals surface area (Å²) in [7, 11) is 0. The van der Waals surface area contributed by atoms with Gasteiger partial charge in [0.15, 0.2) is 5.82 Å². The van der Waals surface area contributed by atoms with E-state index >= 15 is 0 Å². The molecule has 0 spiro atoms. The van der Waals surface area contributed by atoms with Crippen LogP contribution in [0.3, 0.4) is 0 Å². The van der Waals surface area contributed by atoms with E-state index in [1.165, 1.54) is 6.42 Å². The number of carbonyl (C=O) groups is 1. The van der Waals surface area contributed by atoms with E-state index < -0.39 is 0 Å². The number of amides is 1. The molecule has 1 aromatic heterocycles. The number of piperazine rings is 1. The standard InChI is InChI=1S/C22H36N6O2/c1-16(2)30-9-8-26-4-6-27(7-5-26)20(29)21-11-18-10-19(12-21)14-22(13-18,15-21)28-24-17(3)23-25-28/h16,18-19H,4-15H2,1-3H3/t18-,19-,21?,22?/m1/s1. The Kier molecular flexibility index (Phi) is 5.13. The molecule has 4 aliphatic carbocycles. The Bertz CT molecular complexity index is 770. The van der Waals surface area contributed by atoms with E-state index in [4.69, 9.17) is 4.74 Å². The first-order valence-electron chi connectivity index (χ1n) is 11.8. The first-order valence-corrected chi connectivity index (χ1v) is 11.8. The van der Waals surface area contributed by atoms with E-state index in [0.29, 0.717) is 17.7 Å². The number of aryl methyl sites for hydroxylation is 1. The lowest BCUT2D eigenvalue weighted by atomic mass is 9.46. The minimum Gasteiger partial charge on any atom is -0.377 e. The summed E-state index contributed by atoms with van der Waals surface area (Å²) in [6.07, 6.45) is 6.77. The summed E-state index contributed by atoms with van der Waals surface area (Å²) >= 11 is 0. The highest BCUT2D eigenvalue weighted by Crippen LogP contribution is 2.64. The van der Waals surface area contributed by atoms with Crippen molar-refractivity contribution in [1.29, 1.82) is 0 Å². The van der Waals surface area contributed by atoms with Gasteiger partial charge < -0.3 is 9.64 Å². The molecule has 2 heterocycles. The van der Waals surface area contributed by atoms with Gasteiger partial charge in [-0.1, -0.05) is 0 Å². The summed E-state index contributed by atoms with van der Waals surface area (Å²) < 4.78 is 5.70. The summed E-state index contributed by atoms with van der Waals surface area (Å²) in [4.78, 5) is 20.3. The van der Waals surface area contributed by atoms with Gasteiger partial charge in [0.25, 0.3) is 0 Å². The maximum absolute atomic E-state index is 13.9. The Hall–Kier alpha value is -1.54. The quantitative estimate of drug-likeness (QED) is 0.704. The summed E-state index contributed by atoms with van der Waals surface area (Å²) in [6, 6.07) is 0. The van der Waals surface area contributed by atoms with Crippen molar-refractivity contribution in [3.8, 4) is 0 Å². The molecule has 30 heavy (non-hydrogen) atoms. The smallest absolute Gasteiger partial charge is 0.228 e. The fourth-order valence-electron chi connectivity index (χ4n) is 7.11. The molecule has 0 radical (unpaired) electrons. The van der Waals surface area contributed by atoms with Gasteiger partial charge in [-0.25, -0.2) is 0 Å². The van der Waals surface area contributed by atoms with E-state index in [9.17, 15) is 4.79 Å². The van der Waals surface area contributed by atoms with E-state index in [-0.39, 0.29) is 17.1 Å². The molecular weight excluding hydrogens is 380 g/mol. The number of aromatic nitrogens is 4. The van der Waals surface area contributed by atoms with Crippen molar-refractivity contribution in [2.24, 2.45) is 17.3 Å². The second-order valence-corrected chi connectivity index (χ2v) is 10.6. The van der Waals surface area contributed by atoms with Crippen LogP contribution in [0.15, 0.2) is 0 Å². The molecule has 166 valence electrons. The minimum atomic E-state index is -0.214. The number of rotatable bonds is 6. The van der Waals surface area contributed by atoms with Gasteiger partial charge in [0.05, 0.1) is 23.7 Å². The predicted molar refractivity (Wildman–Crippen MR) is 112 cm³/mol. The first-order chi connectivity index (χ1) is 14.4. The summed E-state index contributed by atoms with van der Waals surface area (Å²) in [5.74, 6) is 2.37. The van der Waals surface area contributed by atoms with Crippen molar-refractivity contribution < 1.29 is 9.53 Å². The fraction of sp³-hybridized carbons (Fsp3) is 0.909. The third-order valence-corrected chi connectivity index (χ3v) is 7.94. The van der Waals surface area contributed by atoms with Crippen LogP contribution in [0.25, 0.3) is 0 Å². The van der Waals surface area contributed by atoms with Gasteiger partial charge in [-0.05, 0) is 76.3 Å². The molecule has 0 N–H and O–H groups in total. The zero-order valence-electron chi connectivity index (χ0n) is 18.7. The molecule has 1 saturated heterocycles. The van der Waals surface area contributed by atoms with Crippen molar-refractivity contribution in [2.45, 2.75) is 70.9 Å². The highest BCUT2D eigenvalue weighted by molar-refractivity contribution is 5.83. The number of tetrazole rings is 1. The van der Waals surface area contributed by atoms with Gasteiger partial charge in [-0.3, -0.25) is 9.69 Å². The minimum absolute atomic E-state index is 0.100. The Labute approximate surface area is 179 Å². The fourth-order valence-corrected chi connectivity index (χ4v) is 7.11. The molecule has 5 aliphatic rings. The number of carbonyl (C=O) groups excluding carboxylic acids is 1. The van der Waals surface area contributed by atoms with E-state index in [1.807, 2.05) is 11.7 Å². The SMILES string of the molecule is Cc1nnn(C23C[C@@H]4C[C@H](CC(C(=O)N5CCN(CCOC(C)C)CC5)(C4)C2)C3)n1. The van der Waals surface area contributed by atoms with Crippen molar-refractivity contribution in [3.05, 3.63) is 5.82 Å². The van der Waals surface area contributed by atoms with E-state index in [0.717, 1.165) is 77.3 Å². The van der Waals surface area contributed by atoms with Gasteiger partial charge in [0.2, 0.25) is 5.91 Å². The average Bonchev–Trinajstić information content (AvgIpc) is 3.14. The Balaban J connectivity index is 1.27. The highest BCUT2D eigenvalue weighted by Gasteiger charge is 2.63. The maximum Gasteiger partial charge on any atom is 0.228 e. The first kappa shape index (κ1) is 20.4. The van der Waals surface area contributed by atoms with Gasteiger partial charge in [0, 0.05) is 32.7 Å². The largest absolute Gasteiger partial charge is 0.377 e. The number of nitrogens with zero attached hydrogens (tertiary/aromatic N) is 6. The third-order valence-electron chi connectivity index (χ3n) is 7.94. The monoisotopic (exact) mass is 416 g/mol. The van der Waals surface area contributed by atoms with Crippen molar-refractivity contribution in [2.75, 3.05) is 39.3 Å². The number of hydrogen-bond donors (Lipinski definition) is 0. The van der Waals surface area contributed by atoms with Crippen LogP contribution < -0.4 is 0 Å². The zero-order valence-corrected chi connectivity index (χ0v) is 18.7. The second kappa shape index (κ2) is 7.55. The van der Waals surface area contributed by atoms with Crippen LogP contribution in [-0.2, 0) is 15.1 Å². The molecule has 1 aliphatic heterocycles.